The molecule has 0 saturated heterocycles. The second-order valence-electron chi connectivity index (χ2n) is 5.72. The van der Waals surface area contributed by atoms with Gasteiger partial charge >= 0.3 is 5.91 Å². The minimum absolute atomic E-state index is 0.117. The summed E-state index contributed by atoms with van der Waals surface area (Å²) in [7, 11) is 0. The lowest BCUT2D eigenvalue weighted by Crippen LogP contribution is -2.15. The molecule has 1 N–H and O–H groups in total. The predicted molar refractivity (Wildman–Crippen MR) is 87.6 cm³/mol. The lowest BCUT2D eigenvalue weighted by Gasteiger charge is -2.10. The molecule has 0 saturated carbocycles. The fraction of sp³-hybridized carbons (Fsp3) is 0.235. The SMILES string of the molecule is Cc1cc(C)n(C(=O)c2cn(C[C@@H](O)c3cccc(C#N)c3)nn2)n1. The van der Waals surface area contributed by atoms with Crippen LogP contribution in [-0.2, 0) is 6.54 Å². The molecule has 3 aromatic rings. The van der Waals surface area contributed by atoms with E-state index in [2.05, 4.69) is 15.4 Å². The van der Waals surface area contributed by atoms with Crippen LogP contribution in [0.3, 0.4) is 0 Å². The van der Waals surface area contributed by atoms with E-state index in [1.54, 1.807) is 44.2 Å². The van der Waals surface area contributed by atoms with Crippen LogP contribution in [0.5, 0.6) is 0 Å². The number of nitriles is 1. The second-order valence-corrected chi connectivity index (χ2v) is 5.72. The maximum absolute atomic E-state index is 12.4. The van der Waals surface area contributed by atoms with Crippen LogP contribution in [0.15, 0.2) is 36.5 Å². The molecule has 0 amide bonds. The standard InChI is InChI=1S/C17H16N6O2/c1-11-6-12(2)23(20-11)17(25)15-9-22(21-19-15)10-16(24)14-5-3-4-13(7-14)8-18/h3-7,9,16,24H,10H2,1-2H3/t16-/m1/s1. The summed E-state index contributed by atoms with van der Waals surface area (Å²) in [4.78, 5) is 12.4. The average molecular weight is 336 g/mol. The summed E-state index contributed by atoms with van der Waals surface area (Å²) in [6.07, 6.45) is 0.600. The van der Waals surface area contributed by atoms with Gasteiger partial charge in [-0.1, -0.05) is 17.3 Å². The summed E-state index contributed by atoms with van der Waals surface area (Å²) >= 11 is 0. The minimum Gasteiger partial charge on any atom is -0.386 e. The van der Waals surface area contributed by atoms with Crippen LogP contribution < -0.4 is 0 Å². The normalized spacial score (nSPS) is 11.9. The number of carbonyl (C=O) groups excluding carboxylic acids is 1. The summed E-state index contributed by atoms with van der Waals surface area (Å²) in [5, 5.41) is 31.1. The van der Waals surface area contributed by atoms with Gasteiger partial charge in [0.05, 0.1) is 36.2 Å². The van der Waals surface area contributed by atoms with Crippen molar-refractivity contribution < 1.29 is 9.90 Å². The van der Waals surface area contributed by atoms with Gasteiger partial charge in [0.15, 0.2) is 5.69 Å². The fourth-order valence-electron chi connectivity index (χ4n) is 2.53. The van der Waals surface area contributed by atoms with Gasteiger partial charge in [-0.15, -0.1) is 5.10 Å². The van der Waals surface area contributed by atoms with Crippen molar-refractivity contribution in [1.29, 1.82) is 5.26 Å². The number of aliphatic hydroxyl groups excluding tert-OH is 1. The van der Waals surface area contributed by atoms with E-state index >= 15 is 0 Å². The smallest absolute Gasteiger partial charge is 0.300 e. The van der Waals surface area contributed by atoms with Crippen molar-refractivity contribution in [2.24, 2.45) is 0 Å². The highest BCUT2D eigenvalue weighted by Crippen LogP contribution is 2.16. The maximum atomic E-state index is 12.4. The zero-order valence-corrected chi connectivity index (χ0v) is 13.8. The number of hydrogen-bond acceptors (Lipinski definition) is 6. The highest BCUT2D eigenvalue weighted by molar-refractivity contribution is 5.93. The Morgan fingerprint density at radius 2 is 2.16 bits per heavy atom. The molecule has 1 atom stereocenters. The Bertz CT molecular complexity index is 966. The number of aryl methyl sites for hydroxylation is 2. The summed E-state index contributed by atoms with van der Waals surface area (Å²) in [6.45, 7) is 3.71. The molecule has 0 aliphatic rings. The van der Waals surface area contributed by atoms with Crippen LogP contribution in [0.4, 0.5) is 0 Å². The highest BCUT2D eigenvalue weighted by atomic mass is 16.3. The van der Waals surface area contributed by atoms with Gasteiger partial charge in [0.25, 0.3) is 0 Å². The molecule has 0 unspecified atom stereocenters. The van der Waals surface area contributed by atoms with E-state index in [0.717, 1.165) is 5.69 Å². The van der Waals surface area contributed by atoms with Crippen molar-refractivity contribution in [3.63, 3.8) is 0 Å². The Morgan fingerprint density at radius 1 is 1.36 bits per heavy atom. The molecule has 3 rings (SSSR count). The number of carbonyl (C=O) groups is 1. The molecule has 0 spiro atoms. The molecule has 0 aliphatic heterocycles. The quantitative estimate of drug-likeness (QED) is 0.771. The predicted octanol–water partition coefficient (Wildman–Crippen LogP) is 1.39. The summed E-state index contributed by atoms with van der Waals surface area (Å²) in [5.41, 5.74) is 2.66. The van der Waals surface area contributed by atoms with Crippen LogP contribution in [-0.4, -0.2) is 35.8 Å². The first-order valence-corrected chi connectivity index (χ1v) is 7.64. The Hall–Kier alpha value is -3.31. The van der Waals surface area contributed by atoms with Crippen molar-refractivity contribution in [3.8, 4) is 6.07 Å². The van der Waals surface area contributed by atoms with Crippen LogP contribution in [0, 0.1) is 25.2 Å². The van der Waals surface area contributed by atoms with Crippen molar-refractivity contribution in [3.05, 3.63) is 64.7 Å². The van der Waals surface area contributed by atoms with Crippen LogP contribution in [0.2, 0.25) is 0 Å². The molecule has 0 bridgehead atoms. The van der Waals surface area contributed by atoms with Gasteiger partial charge in [0.1, 0.15) is 0 Å². The number of rotatable bonds is 4. The van der Waals surface area contributed by atoms with E-state index in [1.165, 1.54) is 15.6 Å². The van der Waals surface area contributed by atoms with Crippen molar-refractivity contribution >= 4 is 5.91 Å². The molecule has 8 nitrogen and oxygen atoms in total. The molecule has 1 aromatic carbocycles. The van der Waals surface area contributed by atoms with Gasteiger partial charge in [-0.05, 0) is 37.6 Å². The molecule has 0 radical (unpaired) electrons. The Morgan fingerprint density at radius 3 is 2.84 bits per heavy atom. The van der Waals surface area contributed by atoms with E-state index in [0.29, 0.717) is 16.8 Å². The summed E-state index contributed by atoms with van der Waals surface area (Å²) in [6, 6.07) is 10.5. The first-order chi connectivity index (χ1) is 12.0. The number of aromatic nitrogens is 5. The van der Waals surface area contributed by atoms with E-state index in [9.17, 15) is 9.90 Å². The number of nitrogens with zero attached hydrogens (tertiary/aromatic N) is 6. The third kappa shape index (κ3) is 3.46. The molecule has 2 heterocycles. The molecular formula is C17H16N6O2. The molecule has 0 fully saturated rings. The van der Waals surface area contributed by atoms with Gasteiger partial charge < -0.3 is 5.11 Å². The van der Waals surface area contributed by atoms with Crippen molar-refractivity contribution in [1.82, 2.24) is 24.8 Å². The monoisotopic (exact) mass is 336 g/mol. The summed E-state index contributed by atoms with van der Waals surface area (Å²) in [5.74, 6) is -0.377. The zero-order valence-electron chi connectivity index (χ0n) is 13.8. The van der Waals surface area contributed by atoms with Crippen LogP contribution >= 0.6 is 0 Å². The lowest BCUT2D eigenvalue weighted by molar-refractivity contribution is 0.0937. The van der Waals surface area contributed by atoms with Gasteiger partial charge in [0, 0.05) is 5.69 Å². The topological polar surface area (TPSA) is 110 Å². The number of hydrogen-bond donors (Lipinski definition) is 1. The first kappa shape index (κ1) is 16.5. The average Bonchev–Trinajstić information content (AvgIpc) is 3.20. The van der Waals surface area contributed by atoms with Gasteiger partial charge in [0.2, 0.25) is 0 Å². The molecule has 25 heavy (non-hydrogen) atoms. The first-order valence-electron chi connectivity index (χ1n) is 7.64. The molecule has 126 valence electrons. The van der Waals surface area contributed by atoms with Gasteiger partial charge in [-0.2, -0.15) is 15.0 Å². The largest absolute Gasteiger partial charge is 0.386 e. The van der Waals surface area contributed by atoms with Gasteiger partial charge in [-0.3, -0.25) is 4.79 Å². The molecular weight excluding hydrogens is 320 g/mol. The zero-order chi connectivity index (χ0) is 18.0. The lowest BCUT2D eigenvalue weighted by atomic mass is 10.1. The molecule has 0 aliphatic carbocycles. The maximum Gasteiger partial charge on any atom is 0.300 e. The number of aliphatic hydroxyl groups is 1. The van der Waals surface area contributed by atoms with Gasteiger partial charge in [-0.25, -0.2) is 4.68 Å². The number of benzene rings is 1. The Balaban J connectivity index is 1.76. The van der Waals surface area contributed by atoms with Crippen molar-refractivity contribution in [2.75, 3.05) is 0 Å². The Kier molecular flexibility index (Phi) is 4.41. The third-order valence-electron chi connectivity index (χ3n) is 3.72. The fourth-order valence-corrected chi connectivity index (χ4v) is 2.53. The van der Waals surface area contributed by atoms with Crippen LogP contribution in [0.1, 0.15) is 39.1 Å². The molecule has 2 aromatic heterocycles. The Labute approximate surface area is 143 Å². The van der Waals surface area contributed by atoms with Crippen LogP contribution in [0.25, 0.3) is 0 Å². The third-order valence-corrected chi connectivity index (χ3v) is 3.72. The summed E-state index contributed by atoms with van der Waals surface area (Å²) < 4.78 is 2.67. The van der Waals surface area contributed by atoms with E-state index < -0.39 is 6.10 Å². The minimum atomic E-state index is -0.869. The highest BCUT2D eigenvalue weighted by Gasteiger charge is 2.18. The van der Waals surface area contributed by atoms with E-state index in [-0.39, 0.29) is 18.1 Å². The van der Waals surface area contributed by atoms with E-state index in [1.807, 2.05) is 6.07 Å². The molecule has 8 heteroatoms. The second kappa shape index (κ2) is 6.67. The van der Waals surface area contributed by atoms with E-state index in [4.69, 9.17) is 5.26 Å². The van der Waals surface area contributed by atoms with Crippen molar-refractivity contribution in [2.45, 2.75) is 26.5 Å².